The molecule has 0 aromatic heterocycles. The Bertz CT molecular complexity index is 528. The van der Waals surface area contributed by atoms with Crippen LogP contribution < -0.4 is 5.73 Å². The van der Waals surface area contributed by atoms with E-state index < -0.39 is 10.0 Å². The zero-order valence-electron chi connectivity index (χ0n) is 11.4. The van der Waals surface area contributed by atoms with Crippen LogP contribution in [0, 0.1) is 5.92 Å². The topological polar surface area (TPSA) is 63.4 Å². The average Bonchev–Trinajstić information content (AvgIpc) is 2.88. The van der Waals surface area contributed by atoms with Gasteiger partial charge in [-0.25, -0.2) is 12.7 Å². The molecule has 0 spiro atoms. The van der Waals surface area contributed by atoms with Gasteiger partial charge in [0.25, 0.3) is 0 Å². The molecular formula is C14H22N2O2S. The summed E-state index contributed by atoms with van der Waals surface area (Å²) < 4.78 is 26.5. The van der Waals surface area contributed by atoms with E-state index in [0.29, 0.717) is 25.6 Å². The quantitative estimate of drug-likeness (QED) is 0.894. The van der Waals surface area contributed by atoms with Gasteiger partial charge in [0.2, 0.25) is 10.0 Å². The number of nitrogens with two attached hydrogens (primary N) is 1. The number of nitrogens with zero attached hydrogens (tertiary/aromatic N) is 1. The largest absolute Gasteiger partial charge is 0.326 e. The zero-order valence-corrected chi connectivity index (χ0v) is 12.2. The van der Waals surface area contributed by atoms with Crippen molar-refractivity contribution in [1.29, 1.82) is 0 Å². The molecule has 1 fully saturated rings. The van der Waals surface area contributed by atoms with Crippen LogP contribution in [0.1, 0.15) is 30.9 Å². The molecule has 1 aliphatic rings. The molecule has 2 N–H and O–H groups in total. The van der Waals surface area contributed by atoms with Crippen LogP contribution in [0.5, 0.6) is 0 Å². The van der Waals surface area contributed by atoms with Crippen molar-refractivity contribution in [2.45, 2.75) is 32.1 Å². The Kier molecular flexibility index (Phi) is 4.60. The molecule has 0 aliphatic carbocycles. The van der Waals surface area contributed by atoms with Crippen LogP contribution in [-0.4, -0.2) is 25.8 Å². The van der Waals surface area contributed by atoms with Gasteiger partial charge in [0, 0.05) is 19.6 Å². The fourth-order valence-corrected chi connectivity index (χ4v) is 4.25. The van der Waals surface area contributed by atoms with Crippen molar-refractivity contribution in [3.8, 4) is 0 Å². The monoisotopic (exact) mass is 282 g/mol. The molecule has 0 bridgehead atoms. The third-order valence-electron chi connectivity index (χ3n) is 3.90. The second-order valence-corrected chi connectivity index (χ2v) is 7.12. The van der Waals surface area contributed by atoms with Crippen LogP contribution in [0.15, 0.2) is 24.3 Å². The number of benzene rings is 1. The minimum Gasteiger partial charge on any atom is -0.326 e. The molecule has 0 amide bonds. The Morgan fingerprint density at radius 2 is 2.00 bits per heavy atom. The molecule has 0 saturated carbocycles. The highest BCUT2D eigenvalue weighted by Gasteiger charge is 2.30. The first-order valence-corrected chi connectivity index (χ1v) is 8.42. The molecule has 5 heteroatoms. The maximum Gasteiger partial charge on any atom is 0.218 e. The molecule has 2 rings (SSSR count). The summed E-state index contributed by atoms with van der Waals surface area (Å²) >= 11 is 0. The Morgan fingerprint density at radius 3 is 2.58 bits per heavy atom. The Morgan fingerprint density at radius 1 is 1.32 bits per heavy atom. The lowest BCUT2D eigenvalue weighted by Gasteiger charge is -2.17. The number of hydrogen-bond acceptors (Lipinski definition) is 3. The normalized spacial score (nSPS) is 20.8. The van der Waals surface area contributed by atoms with E-state index in [2.05, 4.69) is 6.92 Å². The van der Waals surface area contributed by atoms with E-state index in [9.17, 15) is 8.42 Å². The van der Waals surface area contributed by atoms with E-state index in [1.165, 1.54) is 0 Å². The highest BCUT2D eigenvalue weighted by molar-refractivity contribution is 7.88. The van der Waals surface area contributed by atoms with E-state index in [1.54, 1.807) is 4.31 Å². The van der Waals surface area contributed by atoms with E-state index in [4.69, 9.17) is 5.73 Å². The molecule has 4 nitrogen and oxygen atoms in total. The van der Waals surface area contributed by atoms with Crippen LogP contribution in [0.4, 0.5) is 0 Å². The number of hydrogen-bond donors (Lipinski definition) is 1. The van der Waals surface area contributed by atoms with Gasteiger partial charge in [-0.1, -0.05) is 37.6 Å². The molecular weight excluding hydrogens is 260 g/mol. The van der Waals surface area contributed by atoms with Crippen LogP contribution in [-0.2, 0) is 22.3 Å². The molecule has 1 saturated heterocycles. The molecule has 106 valence electrons. The Labute approximate surface area is 115 Å². The van der Waals surface area contributed by atoms with Gasteiger partial charge in [-0.05, 0) is 23.5 Å². The fraction of sp³-hybridized carbons (Fsp3) is 0.571. The van der Waals surface area contributed by atoms with E-state index >= 15 is 0 Å². The van der Waals surface area contributed by atoms with Crippen LogP contribution in [0.3, 0.4) is 0 Å². The molecule has 1 unspecified atom stereocenters. The summed E-state index contributed by atoms with van der Waals surface area (Å²) in [5.41, 5.74) is 7.40. The van der Waals surface area contributed by atoms with Gasteiger partial charge < -0.3 is 5.73 Å². The lowest BCUT2D eigenvalue weighted by molar-refractivity contribution is 0.452. The second kappa shape index (κ2) is 6.03. The smallest absolute Gasteiger partial charge is 0.218 e. The molecule has 1 atom stereocenters. The Hall–Kier alpha value is -0.910. The molecule has 1 aliphatic heterocycles. The van der Waals surface area contributed by atoms with Gasteiger partial charge in [0.15, 0.2) is 0 Å². The average molecular weight is 282 g/mol. The van der Waals surface area contributed by atoms with E-state index in [-0.39, 0.29) is 5.75 Å². The first kappa shape index (κ1) is 14.5. The van der Waals surface area contributed by atoms with Crippen LogP contribution in [0.25, 0.3) is 0 Å². The lowest BCUT2D eigenvalue weighted by Crippen LogP contribution is -2.30. The fourth-order valence-electron chi connectivity index (χ4n) is 2.57. The summed E-state index contributed by atoms with van der Waals surface area (Å²) in [6, 6.07) is 7.50. The second-order valence-electron chi connectivity index (χ2n) is 5.15. The standard InChI is InChI=1S/C14H22N2O2S/c1-2-12-7-8-16(10-12)19(17,18)11-14-6-4-3-5-13(14)9-15/h3-6,12H,2,7-11,15H2,1H3. The third-order valence-corrected chi connectivity index (χ3v) is 5.69. The maximum absolute atomic E-state index is 12.4. The van der Waals surface area contributed by atoms with Gasteiger partial charge >= 0.3 is 0 Å². The zero-order chi connectivity index (χ0) is 13.9. The predicted octanol–water partition coefficient (Wildman–Crippen LogP) is 1.71. The van der Waals surface area contributed by atoms with Crippen LogP contribution in [0.2, 0.25) is 0 Å². The van der Waals surface area contributed by atoms with E-state index in [1.807, 2.05) is 24.3 Å². The minimum atomic E-state index is -3.21. The summed E-state index contributed by atoms with van der Waals surface area (Å²) in [5, 5.41) is 0. The van der Waals surface area contributed by atoms with Crippen LogP contribution >= 0.6 is 0 Å². The molecule has 1 aromatic carbocycles. The van der Waals surface area contributed by atoms with Gasteiger partial charge in [0.1, 0.15) is 0 Å². The first-order chi connectivity index (χ1) is 9.06. The van der Waals surface area contributed by atoms with Crippen molar-refractivity contribution < 1.29 is 8.42 Å². The molecule has 19 heavy (non-hydrogen) atoms. The lowest BCUT2D eigenvalue weighted by atomic mass is 10.1. The summed E-state index contributed by atoms with van der Waals surface area (Å²) in [6.07, 6.45) is 2.03. The molecule has 0 radical (unpaired) electrons. The van der Waals surface area contributed by atoms with Gasteiger partial charge in [-0.3, -0.25) is 0 Å². The SMILES string of the molecule is CCC1CCN(S(=O)(=O)Cc2ccccc2CN)C1. The van der Waals surface area contributed by atoms with Gasteiger partial charge in [0.05, 0.1) is 5.75 Å². The van der Waals surface area contributed by atoms with Crippen molar-refractivity contribution in [1.82, 2.24) is 4.31 Å². The van der Waals surface area contributed by atoms with Gasteiger partial charge in [-0.15, -0.1) is 0 Å². The molecule has 1 aromatic rings. The van der Waals surface area contributed by atoms with Crippen molar-refractivity contribution >= 4 is 10.0 Å². The van der Waals surface area contributed by atoms with Crippen molar-refractivity contribution in [3.05, 3.63) is 35.4 Å². The highest BCUT2D eigenvalue weighted by Crippen LogP contribution is 2.24. The minimum absolute atomic E-state index is 0.0663. The summed E-state index contributed by atoms with van der Waals surface area (Å²) in [4.78, 5) is 0. The number of rotatable bonds is 5. The molecule has 1 heterocycles. The third kappa shape index (κ3) is 3.35. The number of sulfonamides is 1. The van der Waals surface area contributed by atoms with Crippen molar-refractivity contribution in [3.63, 3.8) is 0 Å². The van der Waals surface area contributed by atoms with Crippen molar-refractivity contribution in [2.24, 2.45) is 11.7 Å². The van der Waals surface area contributed by atoms with Gasteiger partial charge in [-0.2, -0.15) is 0 Å². The van der Waals surface area contributed by atoms with E-state index in [0.717, 1.165) is 24.0 Å². The first-order valence-electron chi connectivity index (χ1n) is 6.81. The van der Waals surface area contributed by atoms with Crippen molar-refractivity contribution in [2.75, 3.05) is 13.1 Å². The summed E-state index contributed by atoms with van der Waals surface area (Å²) in [5.74, 6) is 0.580. The summed E-state index contributed by atoms with van der Waals surface area (Å²) in [6.45, 7) is 3.82. The predicted molar refractivity (Wildman–Crippen MR) is 76.9 cm³/mol. The highest BCUT2D eigenvalue weighted by atomic mass is 32.2. The summed E-state index contributed by atoms with van der Waals surface area (Å²) in [7, 11) is -3.21. The Balaban J connectivity index is 2.13. The maximum atomic E-state index is 12.4.